The Hall–Kier alpha value is -0.730. The van der Waals surface area contributed by atoms with Crippen molar-refractivity contribution in [1.82, 2.24) is 10.2 Å². The van der Waals surface area contributed by atoms with E-state index in [2.05, 4.69) is 19.2 Å². The molecule has 3 nitrogen and oxygen atoms in total. The van der Waals surface area contributed by atoms with Gasteiger partial charge in [-0.3, -0.25) is 0 Å². The zero-order chi connectivity index (χ0) is 10.1. The predicted molar refractivity (Wildman–Crippen MR) is 56.1 cm³/mol. The van der Waals surface area contributed by atoms with Crippen LogP contribution in [0.3, 0.4) is 0 Å². The van der Waals surface area contributed by atoms with Gasteiger partial charge in [-0.25, -0.2) is 4.79 Å². The topological polar surface area (TPSA) is 32.3 Å². The zero-order valence-electron chi connectivity index (χ0n) is 9.12. The van der Waals surface area contributed by atoms with Crippen molar-refractivity contribution >= 4 is 6.03 Å². The first-order valence-corrected chi connectivity index (χ1v) is 5.73. The minimum atomic E-state index is 0.150. The summed E-state index contributed by atoms with van der Waals surface area (Å²) < 4.78 is 0. The average molecular weight is 196 g/mol. The number of rotatable bonds is 1. The summed E-state index contributed by atoms with van der Waals surface area (Å²) in [6, 6.07) is 0.653. The van der Waals surface area contributed by atoms with Gasteiger partial charge in [-0.05, 0) is 31.1 Å². The summed E-state index contributed by atoms with van der Waals surface area (Å²) in [6.07, 6.45) is 3.66. The third-order valence-corrected chi connectivity index (χ3v) is 3.90. The van der Waals surface area contributed by atoms with E-state index in [0.29, 0.717) is 6.04 Å². The first kappa shape index (κ1) is 9.81. The van der Waals surface area contributed by atoms with Crippen molar-refractivity contribution in [2.45, 2.75) is 39.2 Å². The van der Waals surface area contributed by atoms with Crippen molar-refractivity contribution in [3.05, 3.63) is 0 Å². The molecular weight excluding hydrogens is 176 g/mol. The van der Waals surface area contributed by atoms with Crippen LogP contribution in [0.5, 0.6) is 0 Å². The van der Waals surface area contributed by atoms with Crippen LogP contribution in [-0.2, 0) is 0 Å². The molecule has 0 aromatic rings. The van der Waals surface area contributed by atoms with Crippen molar-refractivity contribution in [1.29, 1.82) is 0 Å². The molecule has 2 rings (SSSR count). The van der Waals surface area contributed by atoms with Gasteiger partial charge in [0.2, 0.25) is 0 Å². The number of nitrogens with one attached hydrogen (secondary N) is 1. The number of carbonyl (C=O) groups excluding carboxylic acids is 1. The monoisotopic (exact) mass is 196 g/mol. The van der Waals surface area contributed by atoms with Crippen LogP contribution in [0.25, 0.3) is 0 Å². The maximum atomic E-state index is 11.5. The van der Waals surface area contributed by atoms with E-state index in [0.717, 1.165) is 24.9 Å². The van der Waals surface area contributed by atoms with Crippen LogP contribution in [0.15, 0.2) is 0 Å². The lowest BCUT2D eigenvalue weighted by molar-refractivity contribution is 0.140. The van der Waals surface area contributed by atoms with Gasteiger partial charge in [-0.1, -0.05) is 13.8 Å². The molecule has 0 aromatic heterocycles. The van der Waals surface area contributed by atoms with Gasteiger partial charge in [-0.15, -0.1) is 0 Å². The lowest BCUT2D eigenvalue weighted by Gasteiger charge is -2.36. The van der Waals surface area contributed by atoms with Gasteiger partial charge < -0.3 is 10.2 Å². The fourth-order valence-electron chi connectivity index (χ4n) is 2.64. The zero-order valence-corrected chi connectivity index (χ0v) is 9.12. The number of hydrogen-bond donors (Lipinski definition) is 1. The van der Waals surface area contributed by atoms with Crippen LogP contribution in [0.2, 0.25) is 0 Å². The molecule has 80 valence electrons. The molecule has 0 aromatic carbocycles. The minimum absolute atomic E-state index is 0.150. The Morgan fingerprint density at radius 2 is 2.07 bits per heavy atom. The lowest BCUT2D eigenvalue weighted by atomic mass is 9.78. The van der Waals surface area contributed by atoms with Gasteiger partial charge in [0.25, 0.3) is 0 Å². The van der Waals surface area contributed by atoms with E-state index in [4.69, 9.17) is 0 Å². The SMILES string of the molecule is CC1CCC(N2CCNC2=O)CC1C. The van der Waals surface area contributed by atoms with Crippen LogP contribution < -0.4 is 5.32 Å². The minimum Gasteiger partial charge on any atom is -0.336 e. The van der Waals surface area contributed by atoms with Gasteiger partial charge in [0.05, 0.1) is 0 Å². The quantitative estimate of drug-likeness (QED) is 0.682. The Morgan fingerprint density at radius 3 is 2.64 bits per heavy atom. The first-order chi connectivity index (χ1) is 6.68. The summed E-state index contributed by atoms with van der Waals surface area (Å²) in [4.78, 5) is 13.5. The second-order valence-electron chi connectivity index (χ2n) is 4.85. The molecule has 0 radical (unpaired) electrons. The second kappa shape index (κ2) is 3.79. The largest absolute Gasteiger partial charge is 0.336 e. The summed E-state index contributed by atoms with van der Waals surface area (Å²) in [6.45, 7) is 6.37. The molecule has 2 fully saturated rings. The Balaban J connectivity index is 1.95. The highest BCUT2D eigenvalue weighted by Crippen LogP contribution is 2.32. The molecule has 2 amide bonds. The highest BCUT2D eigenvalue weighted by atomic mass is 16.2. The van der Waals surface area contributed by atoms with Crippen molar-refractivity contribution in [3.8, 4) is 0 Å². The highest BCUT2D eigenvalue weighted by molar-refractivity contribution is 5.76. The molecule has 3 atom stereocenters. The highest BCUT2D eigenvalue weighted by Gasteiger charge is 2.32. The average Bonchev–Trinajstić information content (AvgIpc) is 2.57. The molecule has 3 unspecified atom stereocenters. The van der Waals surface area contributed by atoms with Crippen LogP contribution in [0, 0.1) is 11.8 Å². The van der Waals surface area contributed by atoms with Gasteiger partial charge in [-0.2, -0.15) is 0 Å². The van der Waals surface area contributed by atoms with E-state index < -0.39 is 0 Å². The van der Waals surface area contributed by atoms with Gasteiger partial charge in [0.1, 0.15) is 0 Å². The molecule has 14 heavy (non-hydrogen) atoms. The van der Waals surface area contributed by atoms with Crippen LogP contribution in [0.1, 0.15) is 33.1 Å². The Kier molecular flexibility index (Phi) is 2.66. The van der Waals surface area contributed by atoms with Crippen molar-refractivity contribution < 1.29 is 4.79 Å². The van der Waals surface area contributed by atoms with E-state index in [1.54, 1.807) is 0 Å². The second-order valence-corrected chi connectivity index (χ2v) is 4.85. The lowest BCUT2D eigenvalue weighted by Crippen LogP contribution is -2.42. The fraction of sp³-hybridized carbons (Fsp3) is 0.909. The van der Waals surface area contributed by atoms with Crippen molar-refractivity contribution in [2.24, 2.45) is 11.8 Å². The third-order valence-electron chi connectivity index (χ3n) is 3.90. The van der Waals surface area contributed by atoms with E-state index in [9.17, 15) is 4.79 Å². The maximum Gasteiger partial charge on any atom is 0.317 e. The van der Waals surface area contributed by atoms with Gasteiger partial charge in [0.15, 0.2) is 0 Å². The van der Waals surface area contributed by atoms with Crippen LogP contribution >= 0.6 is 0 Å². The Bertz CT molecular complexity index is 229. The summed E-state index contributed by atoms with van der Waals surface area (Å²) in [5, 5.41) is 2.88. The molecule has 3 heteroatoms. The van der Waals surface area contributed by atoms with Crippen LogP contribution in [-0.4, -0.2) is 30.1 Å². The number of carbonyl (C=O) groups is 1. The van der Waals surface area contributed by atoms with E-state index >= 15 is 0 Å². The Morgan fingerprint density at radius 1 is 1.29 bits per heavy atom. The van der Waals surface area contributed by atoms with Gasteiger partial charge >= 0.3 is 6.03 Å². The maximum absolute atomic E-state index is 11.5. The summed E-state index contributed by atoms with van der Waals surface area (Å²) in [5.41, 5.74) is 0. The molecule has 1 N–H and O–H groups in total. The first-order valence-electron chi connectivity index (χ1n) is 5.73. The smallest absolute Gasteiger partial charge is 0.317 e. The molecule has 1 aliphatic heterocycles. The normalized spacial score (nSPS) is 38.6. The van der Waals surface area contributed by atoms with Crippen molar-refractivity contribution in [3.63, 3.8) is 0 Å². The predicted octanol–water partition coefficient (Wildman–Crippen LogP) is 1.84. The summed E-state index contributed by atoms with van der Waals surface area (Å²) in [5.74, 6) is 1.60. The third kappa shape index (κ3) is 1.72. The molecule has 0 spiro atoms. The fourth-order valence-corrected chi connectivity index (χ4v) is 2.64. The number of urea groups is 1. The molecule has 0 bridgehead atoms. The number of hydrogen-bond acceptors (Lipinski definition) is 1. The summed E-state index contributed by atoms with van der Waals surface area (Å²) >= 11 is 0. The molecule has 1 heterocycles. The van der Waals surface area contributed by atoms with E-state index in [1.165, 1.54) is 19.3 Å². The number of amides is 2. The van der Waals surface area contributed by atoms with Crippen LogP contribution in [0.4, 0.5) is 4.79 Å². The van der Waals surface area contributed by atoms with Gasteiger partial charge in [0, 0.05) is 19.1 Å². The van der Waals surface area contributed by atoms with E-state index in [-0.39, 0.29) is 6.03 Å². The molecular formula is C11H20N2O. The number of nitrogens with zero attached hydrogens (tertiary/aromatic N) is 1. The van der Waals surface area contributed by atoms with E-state index in [1.807, 2.05) is 4.90 Å². The molecule has 1 aliphatic carbocycles. The summed E-state index contributed by atoms with van der Waals surface area (Å²) in [7, 11) is 0. The molecule has 1 saturated heterocycles. The Labute approximate surface area is 85.8 Å². The standard InChI is InChI=1S/C11H20N2O/c1-8-3-4-10(7-9(8)2)13-6-5-12-11(13)14/h8-10H,3-7H2,1-2H3,(H,12,14). The molecule has 1 saturated carbocycles. The molecule has 2 aliphatic rings. The van der Waals surface area contributed by atoms with Crippen molar-refractivity contribution in [2.75, 3.05) is 13.1 Å².